The van der Waals surface area contributed by atoms with E-state index in [0.29, 0.717) is 24.9 Å². The summed E-state index contributed by atoms with van der Waals surface area (Å²) in [6.07, 6.45) is 3.08. The average molecular weight is 1200 g/mol. The molecule has 1 aromatic rings. The Balaban J connectivity index is 2.63. The van der Waals surface area contributed by atoms with Crippen molar-refractivity contribution in [1.82, 2.24) is 63.8 Å². The molecule has 30 nitrogen and oxygen atoms in total. The number of unbranched alkanes of at least 4 members (excludes halogenated alkanes) is 5. The topological polar surface area (TPSA) is 503 Å². The van der Waals surface area contributed by atoms with Crippen LogP contribution in [0.3, 0.4) is 0 Å². The van der Waals surface area contributed by atoms with Crippen molar-refractivity contribution in [1.29, 1.82) is 0 Å². The van der Waals surface area contributed by atoms with Gasteiger partial charge in [-0.3, -0.25) is 47.9 Å². The Bertz CT molecular complexity index is 2320. The summed E-state index contributed by atoms with van der Waals surface area (Å²) in [4.78, 5) is 153. The zero-order valence-electron chi connectivity index (χ0n) is 49.9. The Morgan fingerprint density at radius 1 is 0.624 bits per heavy atom. The molecule has 1 aliphatic heterocycles. The summed E-state index contributed by atoms with van der Waals surface area (Å²) in [6, 6.07) is -5.47. The zero-order chi connectivity index (χ0) is 63.6. The van der Waals surface area contributed by atoms with Gasteiger partial charge in [0.15, 0.2) is 0 Å². The molecule has 2 rings (SSSR count). The average Bonchev–Trinajstić information content (AvgIpc) is 3.67. The van der Waals surface area contributed by atoms with Gasteiger partial charge in [0.2, 0.25) is 58.9 Å². The van der Waals surface area contributed by atoms with Gasteiger partial charge in [0.1, 0.15) is 54.4 Å². The quantitative estimate of drug-likeness (QED) is 0.0333. The third-order valence-corrected chi connectivity index (χ3v) is 14.2. The number of carbonyl (C=O) groups excluding carboxylic acids is 11. The van der Waals surface area contributed by atoms with Crippen LogP contribution in [0.5, 0.6) is 0 Å². The first-order valence-electron chi connectivity index (χ1n) is 29.4. The van der Waals surface area contributed by atoms with Crippen molar-refractivity contribution in [3.05, 3.63) is 35.9 Å². The van der Waals surface area contributed by atoms with Crippen LogP contribution in [-0.4, -0.2) is 187 Å². The maximum absolute atomic E-state index is 14.5. The smallest absolute Gasteiger partial charge is 0.315 e. The van der Waals surface area contributed by atoms with Gasteiger partial charge < -0.3 is 103 Å². The second kappa shape index (κ2) is 39.5. The Labute approximate surface area is 497 Å². The number of urea groups is 1. The van der Waals surface area contributed by atoms with Gasteiger partial charge in [-0.05, 0) is 103 Å². The molecule has 1 saturated heterocycles. The fourth-order valence-corrected chi connectivity index (χ4v) is 8.93. The van der Waals surface area contributed by atoms with Crippen molar-refractivity contribution in [3.8, 4) is 0 Å². The lowest BCUT2D eigenvalue weighted by Crippen LogP contribution is -2.63. The van der Waals surface area contributed by atoms with E-state index in [2.05, 4.69) is 70.7 Å². The van der Waals surface area contributed by atoms with Crippen LogP contribution in [0.1, 0.15) is 124 Å². The fraction of sp³-hybridized carbons (Fsp3) is 0.691. The summed E-state index contributed by atoms with van der Waals surface area (Å²) < 4.78 is 0. The minimum absolute atomic E-state index is 0.0503. The third kappa shape index (κ3) is 26.4. The van der Waals surface area contributed by atoms with E-state index < -0.39 is 150 Å². The van der Waals surface area contributed by atoms with Crippen molar-refractivity contribution in [2.75, 3.05) is 45.8 Å². The van der Waals surface area contributed by atoms with Crippen molar-refractivity contribution in [3.63, 3.8) is 0 Å². The van der Waals surface area contributed by atoms with Gasteiger partial charge in [-0.25, -0.2) is 4.79 Å². The first kappa shape index (κ1) is 74.0. The Hall–Kier alpha value is -7.09. The molecule has 12 amide bonds. The van der Waals surface area contributed by atoms with Gasteiger partial charge in [0.25, 0.3) is 5.91 Å². The van der Waals surface area contributed by atoms with E-state index >= 15 is 0 Å². The van der Waals surface area contributed by atoms with Crippen LogP contribution in [0, 0.1) is 5.92 Å². The van der Waals surface area contributed by atoms with E-state index in [9.17, 15) is 63.0 Å². The molecule has 0 unspecified atom stereocenters. The van der Waals surface area contributed by atoms with Crippen molar-refractivity contribution < 1.29 is 63.0 Å². The van der Waals surface area contributed by atoms with E-state index in [1.807, 2.05) is 0 Å². The summed E-state index contributed by atoms with van der Waals surface area (Å²) >= 11 is 0. The highest BCUT2D eigenvalue weighted by Crippen LogP contribution is 2.13. The summed E-state index contributed by atoms with van der Waals surface area (Å²) in [5, 5.41) is 52.2. The van der Waals surface area contributed by atoms with Crippen LogP contribution < -0.4 is 92.5 Å². The third-order valence-electron chi connectivity index (χ3n) is 14.2. The molecule has 0 aliphatic carbocycles. The van der Waals surface area contributed by atoms with E-state index in [0.717, 1.165) is 39.0 Å². The van der Waals surface area contributed by atoms with Crippen molar-refractivity contribution >= 4 is 65.1 Å². The Morgan fingerprint density at radius 3 is 1.69 bits per heavy atom. The molecule has 30 heteroatoms. The zero-order valence-corrected chi connectivity index (χ0v) is 49.9. The maximum Gasteiger partial charge on any atom is 0.315 e. The van der Waals surface area contributed by atoms with Gasteiger partial charge in [-0.2, -0.15) is 0 Å². The number of amides is 12. The highest BCUT2D eigenvalue weighted by Gasteiger charge is 2.39. The highest BCUT2D eigenvalue weighted by molar-refractivity contribution is 5.99. The molecule has 1 aliphatic rings. The molecule has 85 heavy (non-hydrogen) atoms. The first-order chi connectivity index (χ1) is 40.4. The van der Waals surface area contributed by atoms with Crippen LogP contribution in [0.4, 0.5) is 4.79 Å². The van der Waals surface area contributed by atoms with Crippen LogP contribution in [0.15, 0.2) is 30.3 Å². The number of carbonyl (C=O) groups is 11. The molecule has 480 valence electrons. The van der Waals surface area contributed by atoms with E-state index in [-0.39, 0.29) is 71.2 Å². The first-order valence-corrected chi connectivity index (χ1v) is 29.4. The Kier molecular flexibility index (Phi) is 34.4. The number of aliphatic hydroxyl groups excluding tert-OH is 1. The lowest BCUT2D eigenvalue weighted by atomic mass is 9.96. The molecule has 0 aromatic heterocycles. The van der Waals surface area contributed by atoms with Gasteiger partial charge in [0, 0.05) is 19.5 Å². The van der Waals surface area contributed by atoms with Gasteiger partial charge in [0.05, 0.1) is 6.10 Å². The summed E-state index contributed by atoms with van der Waals surface area (Å²) in [7, 11) is 0. The van der Waals surface area contributed by atoms with Gasteiger partial charge in [-0.15, -0.1) is 0 Å². The highest BCUT2D eigenvalue weighted by atomic mass is 16.3. The van der Waals surface area contributed by atoms with Crippen molar-refractivity contribution in [2.45, 2.75) is 191 Å². The van der Waals surface area contributed by atoms with E-state index in [1.165, 1.54) is 6.92 Å². The molecular weight excluding hydrogens is 1110 g/mol. The minimum atomic E-state index is -2.70. The molecule has 1 fully saturated rings. The van der Waals surface area contributed by atoms with Crippen LogP contribution in [0.2, 0.25) is 0 Å². The summed E-state index contributed by atoms with van der Waals surface area (Å²) in [5.41, 5.74) is 27.1. The molecule has 1 heterocycles. The monoisotopic (exact) mass is 1200 g/mol. The standard InChI is InChI=1S/C55H97N17O13/c1-6-8-9-10-11-15-29-62-54(84)69-38(21-27-59)48(78)71-43(33(4)73)52(82)67-37(20-26-58)45(75)65-40-23-30-61-53(83)55(5,85)72-50(80)39(22-28-60)64-44(74)36(19-25-57)66-51(81)42(32(3)7-2)70-49(79)41(31-34-16-13-12-14-17-34)68-46(76)35(18-24-56)63-47(40)77/h12-14,16-17,32-33,35-43,73,85H,6-11,15,18-31,56-60H2,1-5H3,(H,61,83)(H,63,77)(H,64,74)(H,65,75)(H,66,81)(H,67,82)(H,68,76)(H,70,79)(H,71,78)(H,72,80)(H2,62,69,84)/t32-,33+,35-,36-,37-,38-,39-,40-,41+,42-,43-,55-/m0/s1. The summed E-state index contributed by atoms with van der Waals surface area (Å²) in [6.45, 7) is 6.67. The molecule has 0 spiro atoms. The number of benzene rings is 1. The molecule has 24 N–H and O–H groups in total. The number of hydrogen-bond acceptors (Lipinski definition) is 18. The van der Waals surface area contributed by atoms with Crippen LogP contribution in [-0.2, 0) is 54.4 Å². The second-order valence-corrected chi connectivity index (χ2v) is 21.4. The number of hydrogen-bond donors (Lipinski definition) is 19. The molecule has 12 atom stereocenters. The molecule has 0 saturated carbocycles. The lowest BCUT2D eigenvalue weighted by molar-refractivity contribution is -0.148. The SMILES string of the molecule is CCCCCCCCNC(=O)N[C@@H](CCN)C(=O)N[C@H](C(=O)N[C@@H](CCN)C(=O)N[C@H]1CCNC(=O)[C@](C)(O)NC(=O)[C@H](CCN)NC(=O)[C@H](CCN)NC(=O)[C@H]([C@@H](C)CC)NC(=O)[C@@H](Cc2ccccc2)NC(=O)[C@H](CCN)NC1=O)[C@@H](C)O. The van der Waals surface area contributed by atoms with E-state index in [4.69, 9.17) is 28.7 Å². The van der Waals surface area contributed by atoms with Crippen LogP contribution >= 0.6 is 0 Å². The van der Waals surface area contributed by atoms with Gasteiger partial charge >= 0.3 is 6.03 Å². The number of rotatable bonds is 29. The largest absolute Gasteiger partial charge is 0.391 e. The molecule has 1 aromatic carbocycles. The summed E-state index contributed by atoms with van der Waals surface area (Å²) in [5.74, 6) is -10.4. The molecular formula is C55H97N17O13. The Morgan fingerprint density at radius 2 is 1.14 bits per heavy atom. The lowest BCUT2D eigenvalue weighted by Gasteiger charge is -2.30. The number of aliphatic hydroxyl groups is 2. The predicted molar refractivity (Wildman–Crippen MR) is 315 cm³/mol. The second-order valence-electron chi connectivity index (χ2n) is 21.4. The normalized spacial score (nSPS) is 23.3. The fourth-order valence-electron chi connectivity index (χ4n) is 8.93. The van der Waals surface area contributed by atoms with Gasteiger partial charge in [-0.1, -0.05) is 89.6 Å². The number of nitrogens with one attached hydrogen (secondary N) is 12. The number of nitrogens with two attached hydrogens (primary N) is 5. The molecule has 0 bridgehead atoms. The van der Waals surface area contributed by atoms with Crippen molar-refractivity contribution in [2.24, 2.45) is 34.6 Å². The maximum atomic E-state index is 14.5. The molecule has 0 radical (unpaired) electrons. The predicted octanol–water partition coefficient (Wildman–Crippen LogP) is -5.35. The minimum Gasteiger partial charge on any atom is -0.391 e. The van der Waals surface area contributed by atoms with Crippen LogP contribution in [0.25, 0.3) is 0 Å². The van der Waals surface area contributed by atoms with E-state index in [1.54, 1.807) is 44.2 Å².